The standard InChI is InChI=1S/C17H20O4/c1-4-15(17(18)19-3)6-5-11-20-12-13-21-16-9-7-14(2)8-10-16/h4-11H,1,12-13H2,2-3H3/b11-5+,15-6+. The second kappa shape index (κ2) is 9.42. The second-order valence-corrected chi connectivity index (χ2v) is 4.18. The summed E-state index contributed by atoms with van der Waals surface area (Å²) in [6.07, 6.45) is 6.10. The average Bonchev–Trinajstić information content (AvgIpc) is 2.51. The molecule has 4 nitrogen and oxygen atoms in total. The summed E-state index contributed by atoms with van der Waals surface area (Å²) in [6, 6.07) is 7.82. The van der Waals surface area contributed by atoms with Crippen LogP contribution in [0.3, 0.4) is 0 Å². The number of allylic oxidation sites excluding steroid dienone is 2. The zero-order valence-corrected chi connectivity index (χ0v) is 12.4. The molecular weight excluding hydrogens is 268 g/mol. The van der Waals surface area contributed by atoms with Crippen LogP contribution in [-0.2, 0) is 14.3 Å². The summed E-state index contributed by atoms with van der Waals surface area (Å²) in [4.78, 5) is 11.2. The first kappa shape index (κ1) is 16.6. The largest absolute Gasteiger partial charge is 0.498 e. The van der Waals surface area contributed by atoms with Crippen molar-refractivity contribution in [1.82, 2.24) is 0 Å². The molecule has 112 valence electrons. The van der Waals surface area contributed by atoms with Crippen LogP contribution >= 0.6 is 0 Å². The average molecular weight is 288 g/mol. The summed E-state index contributed by atoms with van der Waals surface area (Å²) in [5.74, 6) is 0.380. The Morgan fingerprint density at radius 1 is 1.24 bits per heavy atom. The molecule has 0 aliphatic heterocycles. The van der Waals surface area contributed by atoms with Crippen molar-refractivity contribution in [2.24, 2.45) is 0 Å². The number of hydrogen-bond donors (Lipinski definition) is 0. The zero-order valence-electron chi connectivity index (χ0n) is 12.4. The van der Waals surface area contributed by atoms with E-state index in [2.05, 4.69) is 11.3 Å². The van der Waals surface area contributed by atoms with E-state index in [0.29, 0.717) is 18.8 Å². The van der Waals surface area contributed by atoms with Gasteiger partial charge in [0.15, 0.2) is 0 Å². The minimum absolute atomic E-state index is 0.369. The van der Waals surface area contributed by atoms with Gasteiger partial charge >= 0.3 is 5.97 Å². The Hall–Kier alpha value is -2.49. The monoisotopic (exact) mass is 288 g/mol. The van der Waals surface area contributed by atoms with E-state index in [1.165, 1.54) is 25.0 Å². The summed E-state index contributed by atoms with van der Waals surface area (Å²) in [7, 11) is 1.32. The lowest BCUT2D eigenvalue weighted by molar-refractivity contribution is -0.135. The Morgan fingerprint density at radius 3 is 2.57 bits per heavy atom. The number of ether oxygens (including phenoxy) is 3. The van der Waals surface area contributed by atoms with Gasteiger partial charge in [-0.2, -0.15) is 0 Å². The minimum atomic E-state index is -0.433. The maximum Gasteiger partial charge on any atom is 0.337 e. The number of rotatable bonds is 8. The Bertz CT molecular complexity index is 512. The molecule has 0 N–H and O–H groups in total. The number of carbonyl (C=O) groups is 1. The molecule has 0 atom stereocenters. The van der Waals surface area contributed by atoms with Crippen LogP contribution < -0.4 is 4.74 Å². The van der Waals surface area contributed by atoms with Gasteiger partial charge in [0.05, 0.1) is 18.9 Å². The third-order valence-electron chi connectivity index (χ3n) is 2.58. The van der Waals surface area contributed by atoms with Crippen molar-refractivity contribution in [3.63, 3.8) is 0 Å². The molecule has 0 spiro atoms. The van der Waals surface area contributed by atoms with E-state index in [0.717, 1.165) is 5.75 Å². The van der Waals surface area contributed by atoms with E-state index in [1.807, 2.05) is 31.2 Å². The smallest absolute Gasteiger partial charge is 0.337 e. The fourth-order valence-corrected chi connectivity index (χ4v) is 1.45. The summed E-state index contributed by atoms with van der Waals surface area (Å²) in [5.41, 5.74) is 1.56. The van der Waals surface area contributed by atoms with Crippen LogP contribution in [0.2, 0.25) is 0 Å². The summed E-state index contributed by atoms with van der Waals surface area (Å²) >= 11 is 0. The van der Waals surface area contributed by atoms with Crippen molar-refractivity contribution in [3.8, 4) is 5.75 Å². The molecule has 0 unspecified atom stereocenters. The fourth-order valence-electron chi connectivity index (χ4n) is 1.45. The molecule has 0 saturated carbocycles. The van der Waals surface area contributed by atoms with Crippen LogP contribution in [0.15, 0.2) is 60.9 Å². The van der Waals surface area contributed by atoms with Crippen molar-refractivity contribution < 1.29 is 19.0 Å². The van der Waals surface area contributed by atoms with E-state index < -0.39 is 5.97 Å². The van der Waals surface area contributed by atoms with E-state index in [-0.39, 0.29) is 0 Å². The van der Waals surface area contributed by atoms with Crippen LogP contribution in [-0.4, -0.2) is 26.3 Å². The summed E-state index contributed by atoms with van der Waals surface area (Å²) < 4.78 is 15.3. The number of methoxy groups -OCH3 is 1. The molecule has 0 bridgehead atoms. The molecule has 0 fully saturated rings. The van der Waals surface area contributed by atoms with Gasteiger partial charge < -0.3 is 14.2 Å². The fraction of sp³-hybridized carbons (Fsp3) is 0.235. The molecule has 0 radical (unpaired) electrons. The molecule has 1 aromatic carbocycles. The number of benzene rings is 1. The second-order valence-electron chi connectivity index (χ2n) is 4.18. The molecule has 0 aromatic heterocycles. The van der Waals surface area contributed by atoms with Crippen molar-refractivity contribution in [2.75, 3.05) is 20.3 Å². The highest BCUT2D eigenvalue weighted by atomic mass is 16.5. The Balaban J connectivity index is 2.26. The Morgan fingerprint density at radius 2 is 1.95 bits per heavy atom. The molecule has 0 heterocycles. The maximum atomic E-state index is 11.2. The number of carbonyl (C=O) groups excluding carboxylic acids is 1. The normalized spacial score (nSPS) is 11.2. The Kier molecular flexibility index (Phi) is 7.43. The summed E-state index contributed by atoms with van der Waals surface area (Å²) in [5, 5.41) is 0. The van der Waals surface area contributed by atoms with Crippen LogP contribution in [0.4, 0.5) is 0 Å². The quantitative estimate of drug-likeness (QED) is 0.242. The van der Waals surface area contributed by atoms with Gasteiger partial charge in [-0.15, -0.1) is 0 Å². The van der Waals surface area contributed by atoms with Crippen LogP contribution in [0, 0.1) is 6.92 Å². The van der Waals surface area contributed by atoms with Gasteiger partial charge in [0, 0.05) is 0 Å². The predicted molar refractivity (Wildman–Crippen MR) is 82.1 cm³/mol. The third-order valence-corrected chi connectivity index (χ3v) is 2.58. The number of hydrogen-bond acceptors (Lipinski definition) is 4. The van der Waals surface area contributed by atoms with Crippen molar-refractivity contribution in [2.45, 2.75) is 6.92 Å². The van der Waals surface area contributed by atoms with Gasteiger partial charge in [0.2, 0.25) is 0 Å². The molecule has 4 heteroatoms. The van der Waals surface area contributed by atoms with Crippen LogP contribution in [0.25, 0.3) is 0 Å². The first-order chi connectivity index (χ1) is 10.2. The molecule has 21 heavy (non-hydrogen) atoms. The topological polar surface area (TPSA) is 44.8 Å². The first-order valence-corrected chi connectivity index (χ1v) is 6.56. The molecule has 0 aliphatic rings. The zero-order chi connectivity index (χ0) is 15.5. The van der Waals surface area contributed by atoms with E-state index in [9.17, 15) is 4.79 Å². The van der Waals surface area contributed by atoms with Crippen molar-refractivity contribution in [1.29, 1.82) is 0 Å². The van der Waals surface area contributed by atoms with Gasteiger partial charge in [-0.25, -0.2) is 4.79 Å². The van der Waals surface area contributed by atoms with E-state index in [4.69, 9.17) is 9.47 Å². The SMILES string of the molecule is C=C/C(=C\C=C\OCCOc1ccc(C)cc1)C(=O)OC. The lowest BCUT2D eigenvalue weighted by Gasteiger charge is -2.05. The number of aryl methyl sites for hydroxylation is 1. The van der Waals surface area contributed by atoms with Crippen LogP contribution in [0.1, 0.15) is 5.56 Å². The van der Waals surface area contributed by atoms with Gasteiger partial charge in [0.25, 0.3) is 0 Å². The van der Waals surface area contributed by atoms with Crippen molar-refractivity contribution >= 4 is 5.97 Å². The highest BCUT2D eigenvalue weighted by Crippen LogP contribution is 2.10. The van der Waals surface area contributed by atoms with Crippen LogP contribution in [0.5, 0.6) is 5.75 Å². The molecule has 0 saturated heterocycles. The van der Waals surface area contributed by atoms with Gasteiger partial charge in [-0.05, 0) is 31.2 Å². The minimum Gasteiger partial charge on any atom is -0.498 e. The molecule has 0 amide bonds. The van der Waals surface area contributed by atoms with Gasteiger partial charge in [-0.1, -0.05) is 30.4 Å². The maximum absolute atomic E-state index is 11.2. The van der Waals surface area contributed by atoms with E-state index >= 15 is 0 Å². The Labute approximate surface area is 125 Å². The molecule has 1 aromatic rings. The first-order valence-electron chi connectivity index (χ1n) is 6.56. The lowest BCUT2D eigenvalue weighted by atomic mass is 10.2. The van der Waals surface area contributed by atoms with Crippen molar-refractivity contribution in [3.05, 3.63) is 66.5 Å². The number of esters is 1. The molecular formula is C17H20O4. The lowest BCUT2D eigenvalue weighted by Crippen LogP contribution is -2.04. The van der Waals surface area contributed by atoms with Gasteiger partial charge in [0.1, 0.15) is 19.0 Å². The predicted octanol–water partition coefficient (Wildman–Crippen LogP) is 3.19. The van der Waals surface area contributed by atoms with E-state index in [1.54, 1.807) is 12.2 Å². The highest BCUT2D eigenvalue weighted by molar-refractivity contribution is 5.91. The van der Waals surface area contributed by atoms with Gasteiger partial charge in [-0.3, -0.25) is 0 Å². The highest BCUT2D eigenvalue weighted by Gasteiger charge is 2.02. The summed E-state index contributed by atoms with van der Waals surface area (Å²) in [6.45, 7) is 6.42. The molecule has 1 rings (SSSR count). The third kappa shape index (κ3) is 6.47. The molecule has 0 aliphatic carbocycles.